The van der Waals surface area contributed by atoms with Crippen LogP contribution in [0.1, 0.15) is 52.4 Å². The summed E-state index contributed by atoms with van der Waals surface area (Å²) in [6.45, 7) is 3.41. The summed E-state index contributed by atoms with van der Waals surface area (Å²) in [5, 5.41) is 14.6. The monoisotopic (exact) mass is 271 g/mol. The van der Waals surface area contributed by atoms with E-state index in [0.717, 1.165) is 25.7 Å². The lowest BCUT2D eigenvalue weighted by atomic mass is 9.91. The van der Waals surface area contributed by atoms with Gasteiger partial charge in [-0.15, -0.1) is 0 Å². The van der Waals surface area contributed by atoms with E-state index in [1.807, 2.05) is 6.92 Å². The Morgan fingerprint density at radius 2 is 2.00 bits per heavy atom. The summed E-state index contributed by atoms with van der Waals surface area (Å²) in [5.41, 5.74) is 4.73. The fourth-order valence-electron chi connectivity index (χ4n) is 2.52. The molecule has 6 heteroatoms. The van der Waals surface area contributed by atoms with Crippen LogP contribution < -0.4 is 16.4 Å². The number of rotatable bonds is 5. The van der Waals surface area contributed by atoms with Crippen molar-refractivity contribution < 1.29 is 14.7 Å². The molecule has 110 valence electrons. The highest BCUT2D eigenvalue weighted by atomic mass is 16.4. The van der Waals surface area contributed by atoms with E-state index in [-0.39, 0.29) is 12.1 Å². The molecule has 0 heterocycles. The third-order valence-corrected chi connectivity index (χ3v) is 3.75. The first-order valence-corrected chi connectivity index (χ1v) is 6.96. The number of hydrogen-bond donors (Lipinski definition) is 4. The highest BCUT2D eigenvalue weighted by molar-refractivity contribution is 5.85. The topological polar surface area (TPSA) is 104 Å². The van der Waals surface area contributed by atoms with Gasteiger partial charge in [0, 0.05) is 12.1 Å². The van der Waals surface area contributed by atoms with Crippen molar-refractivity contribution in [2.24, 2.45) is 5.73 Å². The van der Waals surface area contributed by atoms with Gasteiger partial charge in [0.2, 0.25) is 0 Å². The average molecular weight is 271 g/mol. The van der Waals surface area contributed by atoms with E-state index in [0.29, 0.717) is 12.8 Å². The standard InChI is InChI=1S/C13H25N3O3/c1-3-8-13(2,11(17)18)16-12(19)15-10-7-5-4-6-9(10)14/h9-10H,3-8,14H2,1-2H3,(H,17,18)(H2,15,16,19). The summed E-state index contributed by atoms with van der Waals surface area (Å²) in [6.07, 6.45) is 4.97. The third-order valence-electron chi connectivity index (χ3n) is 3.75. The molecule has 0 aliphatic heterocycles. The van der Waals surface area contributed by atoms with Crippen LogP contribution in [0.5, 0.6) is 0 Å². The molecule has 0 aromatic rings. The summed E-state index contributed by atoms with van der Waals surface area (Å²) in [7, 11) is 0. The molecule has 0 saturated heterocycles. The molecule has 5 N–H and O–H groups in total. The SMILES string of the molecule is CCCC(C)(NC(=O)NC1CCCCC1N)C(=O)O. The molecule has 3 atom stereocenters. The van der Waals surface area contributed by atoms with Crippen LogP contribution in [0.2, 0.25) is 0 Å². The van der Waals surface area contributed by atoms with Crippen LogP contribution in [-0.4, -0.2) is 34.7 Å². The molecule has 0 aromatic heterocycles. The van der Waals surface area contributed by atoms with Crippen molar-refractivity contribution in [3.63, 3.8) is 0 Å². The molecule has 1 fully saturated rings. The number of carbonyl (C=O) groups is 2. The molecule has 1 aliphatic carbocycles. The highest BCUT2D eigenvalue weighted by Crippen LogP contribution is 2.17. The molecule has 6 nitrogen and oxygen atoms in total. The highest BCUT2D eigenvalue weighted by Gasteiger charge is 2.34. The Labute approximate surface area is 114 Å². The van der Waals surface area contributed by atoms with Gasteiger partial charge in [0.25, 0.3) is 0 Å². The Kier molecular flexibility index (Phi) is 5.60. The zero-order chi connectivity index (χ0) is 14.5. The van der Waals surface area contributed by atoms with E-state index in [2.05, 4.69) is 10.6 Å². The van der Waals surface area contributed by atoms with Gasteiger partial charge in [-0.3, -0.25) is 0 Å². The second kappa shape index (κ2) is 6.75. The van der Waals surface area contributed by atoms with Gasteiger partial charge < -0.3 is 21.5 Å². The molecule has 0 radical (unpaired) electrons. The zero-order valence-electron chi connectivity index (χ0n) is 11.7. The van der Waals surface area contributed by atoms with E-state index >= 15 is 0 Å². The predicted octanol–water partition coefficient (Wildman–Crippen LogP) is 1.20. The maximum absolute atomic E-state index is 11.9. The lowest BCUT2D eigenvalue weighted by Gasteiger charge is -2.32. The first kappa shape index (κ1) is 15.8. The van der Waals surface area contributed by atoms with Gasteiger partial charge in [-0.25, -0.2) is 9.59 Å². The number of urea groups is 1. The van der Waals surface area contributed by atoms with Crippen molar-refractivity contribution in [1.29, 1.82) is 0 Å². The number of nitrogens with one attached hydrogen (secondary N) is 2. The fraction of sp³-hybridized carbons (Fsp3) is 0.846. The minimum absolute atomic E-state index is 0.0400. The van der Waals surface area contributed by atoms with E-state index in [4.69, 9.17) is 5.73 Å². The number of hydrogen-bond acceptors (Lipinski definition) is 3. The second-order valence-corrected chi connectivity index (χ2v) is 5.54. The average Bonchev–Trinajstić information content (AvgIpc) is 2.32. The molecule has 3 unspecified atom stereocenters. The van der Waals surface area contributed by atoms with E-state index in [9.17, 15) is 14.7 Å². The van der Waals surface area contributed by atoms with E-state index in [1.165, 1.54) is 6.92 Å². The van der Waals surface area contributed by atoms with Crippen molar-refractivity contribution in [2.75, 3.05) is 0 Å². The summed E-state index contributed by atoms with van der Waals surface area (Å²) in [5.74, 6) is -1.02. The fourth-order valence-corrected chi connectivity index (χ4v) is 2.52. The molecule has 0 aromatic carbocycles. The molecule has 1 rings (SSSR count). The van der Waals surface area contributed by atoms with Crippen LogP contribution in [0.15, 0.2) is 0 Å². The first-order valence-electron chi connectivity index (χ1n) is 6.96. The van der Waals surface area contributed by atoms with Gasteiger partial charge in [0.15, 0.2) is 0 Å². The predicted molar refractivity (Wildman–Crippen MR) is 72.8 cm³/mol. The smallest absolute Gasteiger partial charge is 0.329 e. The van der Waals surface area contributed by atoms with Crippen molar-refractivity contribution >= 4 is 12.0 Å². The second-order valence-electron chi connectivity index (χ2n) is 5.54. The Morgan fingerprint density at radius 1 is 1.37 bits per heavy atom. The Hall–Kier alpha value is -1.30. The quantitative estimate of drug-likeness (QED) is 0.603. The first-order chi connectivity index (χ1) is 8.89. The van der Waals surface area contributed by atoms with Gasteiger partial charge in [0.1, 0.15) is 5.54 Å². The van der Waals surface area contributed by atoms with Crippen molar-refractivity contribution in [3.8, 4) is 0 Å². The molecule has 1 saturated carbocycles. The maximum atomic E-state index is 11.9. The van der Waals surface area contributed by atoms with Crippen molar-refractivity contribution in [3.05, 3.63) is 0 Å². The van der Waals surface area contributed by atoms with Gasteiger partial charge in [-0.1, -0.05) is 26.2 Å². The van der Waals surface area contributed by atoms with E-state index < -0.39 is 17.5 Å². The maximum Gasteiger partial charge on any atom is 0.329 e. The normalized spacial score (nSPS) is 26.3. The number of aliphatic carboxylic acids is 1. The molecular formula is C13H25N3O3. The summed E-state index contributed by atoms with van der Waals surface area (Å²) >= 11 is 0. The Balaban J connectivity index is 2.55. The Bertz CT molecular complexity index is 335. The van der Waals surface area contributed by atoms with Gasteiger partial charge in [-0.2, -0.15) is 0 Å². The van der Waals surface area contributed by atoms with Crippen LogP contribution >= 0.6 is 0 Å². The lowest BCUT2D eigenvalue weighted by Crippen LogP contribution is -2.59. The summed E-state index contributed by atoms with van der Waals surface area (Å²) in [6, 6.07) is -0.545. The van der Waals surface area contributed by atoms with Gasteiger partial charge in [-0.05, 0) is 26.2 Å². The zero-order valence-corrected chi connectivity index (χ0v) is 11.7. The number of nitrogens with two attached hydrogens (primary N) is 1. The molecule has 0 bridgehead atoms. The molecule has 0 spiro atoms. The number of amides is 2. The van der Waals surface area contributed by atoms with Crippen LogP contribution in [0.25, 0.3) is 0 Å². The molecule has 2 amide bonds. The third kappa shape index (κ3) is 4.38. The van der Waals surface area contributed by atoms with Gasteiger partial charge in [0.05, 0.1) is 0 Å². The van der Waals surface area contributed by atoms with Crippen LogP contribution in [0.4, 0.5) is 4.79 Å². The van der Waals surface area contributed by atoms with Gasteiger partial charge >= 0.3 is 12.0 Å². The minimum Gasteiger partial charge on any atom is -0.480 e. The Morgan fingerprint density at radius 3 is 2.53 bits per heavy atom. The van der Waals surface area contributed by atoms with Crippen LogP contribution in [-0.2, 0) is 4.79 Å². The molecular weight excluding hydrogens is 246 g/mol. The molecule has 19 heavy (non-hydrogen) atoms. The minimum atomic E-state index is -1.22. The summed E-state index contributed by atoms with van der Waals surface area (Å²) in [4.78, 5) is 23.1. The summed E-state index contributed by atoms with van der Waals surface area (Å²) < 4.78 is 0. The number of carbonyl (C=O) groups excluding carboxylic acids is 1. The molecule has 1 aliphatic rings. The number of carboxylic acid groups (broad SMARTS) is 1. The van der Waals surface area contributed by atoms with Crippen molar-refractivity contribution in [1.82, 2.24) is 10.6 Å². The van der Waals surface area contributed by atoms with Crippen LogP contribution in [0.3, 0.4) is 0 Å². The van der Waals surface area contributed by atoms with Crippen LogP contribution in [0, 0.1) is 0 Å². The largest absolute Gasteiger partial charge is 0.480 e. The van der Waals surface area contributed by atoms with Crippen molar-refractivity contribution in [2.45, 2.75) is 70.0 Å². The van der Waals surface area contributed by atoms with E-state index in [1.54, 1.807) is 0 Å². The number of carboxylic acids is 1. The lowest BCUT2D eigenvalue weighted by molar-refractivity contribution is -0.144.